The van der Waals surface area contributed by atoms with Crippen molar-refractivity contribution in [3.8, 4) is 17.6 Å². The van der Waals surface area contributed by atoms with Crippen LogP contribution in [-0.2, 0) is 0 Å². The molecule has 1 aromatic carbocycles. The van der Waals surface area contributed by atoms with Crippen LogP contribution in [-0.4, -0.2) is 33.6 Å². The molecule has 0 aromatic heterocycles. The van der Waals surface area contributed by atoms with Crippen LogP contribution >= 0.6 is 0 Å². The average Bonchev–Trinajstić information content (AvgIpc) is 2.74. The molecule has 1 amide bonds. The number of benzene rings is 1. The van der Waals surface area contributed by atoms with Gasteiger partial charge in [-0.05, 0) is 25.0 Å². The lowest BCUT2D eigenvalue weighted by Gasteiger charge is -2.19. The number of likely N-dealkylation sites (tertiary alicyclic amines) is 1. The molecule has 0 spiro atoms. The Balaban J connectivity index is 2.28. The predicted octanol–water partition coefficient (Wildman–Crippen LogP) is 1.23. The highest BCUT2D eigenvalue weighted by Crippen LogP contribution is 2.24. The number of rotatable bonds is 1. The van der Waals surface area contributed by atoms with Crippen LogP contribution in [0.1, 0.15) is 23.2 Å². The molecule has 2 rings (SSSR count). The van der Waals surface area contributed by atoms with Crippen molar-refractivity contribution in [2.75, 3.05) is 6.54 Å². The molecule has 2 N–H and O–H groups in total. The number of carbonyl (C=O) groups is 1. The summed E-state index contributed by atoms with van der Waals surface area (Å²) in [6.45, 7) is 0.535. The summed E-state index contributed by atoms with van der Waals surface area (Å²) in [6.07, 6.45) is 1.47. The van der Waals surface area contributed by atoms with E-state index in [1.54, 1.807) is 0 Å². The van der Waals surface area contributed by atoms with Crippen molar-refractivity contribution in [1.29, 1.82) is 5.26 Å². The lowest BCUT2D eigenvalue weighted by molar-refractivity contribution is 0.0764. The maximum absolute atomic E-state index is 12.1. The zero-order valence-corrected chi connectivity index (χ0v) is 9.13. The van der Waals surface area contributed by atoms with E-state index in [-0.39, 0.29) is 23.0 Å². The molecule has 0 aliphatic carbocycles. The molecule has 17 heavy (non-hydrogen) atoms. The van der Waals surface area contributed by atoms with Crippen LogP contribution in [0.25, 0.3) is 0 Å². The molecule has 1 fully saturated rings. The summed E-state index contributed by atoms with van der Waals surface area (Å²) >= 11 is 0. The summed E-state index contributed by atoms with van der Waals surface area (Å²) in [5.74, 6) is -0.664. The Bertz CT molecular complexity index is 473. The number of phenolic OH excluding ortho intramolecular Hbond substituents is 2. The number of nitrogens with zero attached hydrogens (tertiary/aromatic N) is 2. The van der Waals surface area contributed by atoms with Gasteiger partial charge < -0.3 is 15.1 Å². The molecule has 0 radical (unpaired) electrons. The fourth-order valence-corrected chi connectivity index (χ4v) is 2.03. The van der Waals surface area contributed by atoms with Crippen LogP contribution in [0.15, 0.2) is 18.2 Å². The average molecular weight is 232 g/mol. The molecule has 1 aromatic rings. The maximum Gasteiger partial charge on any atom is 0.255 e. The van der Waals surface area contributed by atoms with E-state index in [0.29, 0.717) is 13.0 Å². The van der Waals surface area contributed by atoms with E-state index in [9.17, 15) is 15.0 Å². The van der Waals surface area contributed by atoms with Crippen molar-refractivity contribution in [2.24, 2.45) is 0 Å². The van der Waals surface area contributed by atoms with Crippen molar-refractivity contribution in [3.05, 3.63) is 23.8 Å². The van der Waals surface area contributed by atoms with Crippen molar-refractivity contribution in [3.63, 3.8) is 0 Å². The van der Waals surface area contributed by atoms with Crippen LogP contribution in [0.5, 0.6) is 11.5 Å². The number of aromatic hydroxyl groups is 2. The molecule has 1 saturated heterocycles. The van der Waals surface area contributed by atoms with Gasteiger partial charge in [-0.1, -0.05) is 0 Å². The minimum absolute atomic E-state index is 0.166. The second-order valence-electron chi connectivity index (χ2n) is 4.02. The molecule has 88 valence electrons. The Morgan fingerprint density at radius 2 is 2.00 bits per heavy atom. The standard InChI is InChI=1S/C12H12N2O3/c13-7-9-2-1-3-14(9)12(17)8-4-10(15)6-11(16)5-8/h4-6,9,15-16H,1-3H2. The third-order valence-electron chi connectivity index (χ3n) is 2.81. The molecule has 1 heterocycles. The Morgan fingerprint density at radius 1 is 1.35 bits per heavy atom. The van der Waals surface area contributed by atoms with Gasteiger partial charge in [-0.2, -0.15) is 5.26 Å². The second-order valence-corrected chi connectivity index (χ2v) is 4.02. The van der Waals surface area contributed by atoms with Gasteiger partial charge in [0.1, 0.15) is 17.5 Å². The number of amides is 1. The van der Waals surface area contributed by atoms with Gasteiger partial charge in [0.05, 0.1) is 6.07 Å². The van der Waals surface area contributed by atoms with Crippen LogP contribution in [0, 0.1) is 11.3 Å². The summed E-state index contributed by atoms with van der Waals surface area (Å²) in [5, 5.41) is 27.5. The molecule has 1 unspecified atom stereocenters. The van der Waals surface area contributed by atoms with Gasteiger partial charge in [0.25, 0.3) is 5.91 Å². The van der Waals surface area contributed by atoms with Crippen molar-refractivity contribution in [2.45, 2.75) is 18.9 Å². The Morgan fingerprint density at radius 3 is 2.59 bits per heavy atom. The Hall–Kier alpha value is -2.22. The maximum atomic E-state index is 12.1. The van der Waals surface area contributed by atoms with E-state index in [0.717, 1.165) is 12.5 Å². The third kappa shape index (κ3) is 2.16. The van der Waals surface area contributed by atoms with Crippen molar-refractivity contribution >= 4 is 5.91 Å². The molecule has 5 heteroatoms. The van der Waals surface area contributed by atoms with E-state index in [1.165, 1.54) is 17.0 Å². The van der Waals surface area contributed by atoms with E-state index >= 15 is 0 Å². The first-order valence-corrected chi connectivity index (χ1v) is 5.35. The molecule has 1 aliphatic rings. The summed E-state index contributed by atoms with van der Waals surface area (Å²) < 4.78 is 0. The molecule has 0 saturated carbocycles. The van der Waals surface area contributed by atoms with E-state index in [4.69, 9.17) is 5.26 Å². The first kappa shape index (κ1) is 11.3. The smallest absolute Gasteiger partial charge is 0.255 e. The summed E-state index contributed by atoms with van der Waals surface area (Å²) in [5.41, 5.74) is 0.199. The zero-order valence-electron chi connectivity index (χ0n) is 9.13. The monoisotopic (exact) mass is 232 g/mol. The van der Waals surface area contributed by atoms with E-state index in [1.807, 2.05) is 0 Å². The summed E-state index contributed by atoms with van der Waals surface area (Å²) in [4.78, 5) is 13.5. The number of hydrogen-bond acceptors (Lipinski definition) is 4. The van der Waals surface area contributed by atoms with Gasteiger partial charge in [0.2, 0.25) is 0 Å². The normalized spacial score (nSPS) is 19.0. The number of nitriles is 1. The number of hydrogen-bond donors (Lipinski definition) is 2. The van der Waals surface area contributed by atoms with Crippen molar-refractivity contribution < 1.29 is 15.0 Å². The minimum Gasteiger partial charge on any atom is -0.508 e. The lowest BCUT2D eigenvalue weighted by atomic mass is 10.1. The SMILES string of the molecule is N#CC1CCCN1C(=O)c1cc(O)cc(O)c1. The van der Waals surface area contributed by atoms with E-state index < -0.39 is 6.04 Å². The van der Waals surface area contributed by atoms with Gasteiger partial charge in [0.15, 0.2) is 0 Å². The van der Waals surface area contributed by atoms with Crippen LogP contribution in [0.3, 0.4) is 0 Å². The largest absolute Gasteiger partial charge is 0.508 e. The molecular formula is C12H12N2O3. The number of carbonyl (C=O) groups excluding carboxylic acids is 1. The third-order valence-corrected chi connectivity index (χ3v) is 2.81. The topological polar surface area (TPSA) is 84.6 Å². The van der Waals surface area contributed by atoms with Gasteiger partial charge in [-0.3, -0.25) is 4.79 Å². The second kappa shape index (κ2) is 4.34. The van der Waals surface area contributed by atoms with Gasteiger partial charge >= 0.3 is 0 Å². The highest BCUT2D eigenvalue weighted by atomic mass is 16.3. The highest BCUT2D eigenvalue weighted by Gasteiger charge is 2.29. The van der Waals surface area contributed by atoms with Gasteiger partial charge in [-0.25, -0.2) is 0 Å². The van der Waals surface area contributed by atoms with Crippen molar-refractivity contribution in [1.82, 2.24) is 4.90 Å². The van der Waals surface area contributed by atoms with E-state index in [2.05, 4.69) is 6.07 Å². The summed E-state index contributed by atoms with van der Waals surface area (Å²) in [6, 6.07) is 5.39. The molecule has 0 bridgehead atoms. The predicted molar refractivity (Wildman–Crippen MR) is 59.4 cm³/mol. The molecule has 1 atom stereocenters. The fraction of sp³-hybridized carbons (Fsp3) is 0.333. The number of phenols is 2. The van der Waals surface area contributed by atoms with Crippen LogP contribution < -0.4 is 0 Å². The first-order valence-electron chi connectivity index (χ1n) is 5.35. The minimum atomic E-state index is -0.410. The quantitative estimate of drug-likeness (QED) is 0.762. The lowest BCUT2D eigenvalue weighted by Crippen LogP contribution is -2.34. The fourth-order valence-electron chi connectivity index (χ4n) is 2.03. The highest BCUT2D eigenvalue weighted by molar-refractivity contribution is 5.95. The van der Waals surface area contributed by atoms with Gasteiger partial charge in [-0.15, -0.1) is 0 Å². The van der Waals surface area contributed by atoms with Crippen LogP contribution in [0.2, 0.25) is 0 Å². The van der Waals surface area contributed by atoms with Crippen LogP contribution in [0.4, 0.5) is 0 Å². The summed E-state index contributed by atoms with van der Waals surface area (Å²) in [7, 11) is 0. The Kier molecular flexibility index (Phi) is 2.88. The van der Waals surface area contributed by atoms with Gasteiger partial charge in [0, 0.05) is 18.2 Å². The first-order chi connectivity index (χ1) is 8.11. The molecule has 5 nitrogen and oxygen atoms in total. The Labute approximate surface area is 98.5 Å². The zero-order chi connectivity index (χ0) is 12.4. The molecule has 1 aliphatic heterocycles. The molecular weight excluding hydrogens is 220 g/mol.